The van der Waals surface area contributed by atoms with Crippen LogP contribution in [0.5, 0.6) is 0 Å². The Kier molecular flexibility index (Phi) is 3.55. The van der Waals surface area contributed by atoms with E-state index in [1.54, 1.807) is 0 Å². The maximum atomic E-state index is 11.9. The van der Waals surface area contributed by atoms with Crippen LogP contribution in [0.4, 0.5) is 10.5 Å². The predicted molar refractivity (Wildman–Crippen MR) is 83.2 cm³/mol. The number of amides is 2. The molecule has 2 amide bonds. The molecule has 6 heteroatoms. The number of fused-ring (bicyclic) bond motifs is 1. The first kappa shape index (κ1) is 13.9. The van der Waals surface area contributed by atoms with Crippen LogP contribution in [0.15, 0.2) is 42.5 Å². The summed E-state index contributed by atoms with van der Waals surface area (Å²) in [4.78, 5) is 11.9. The molecular weight excluding hydrogens is 288 g/mol. The third-order valence-electron chi connectivity index (χ3n) is 3.57. The van der Waals surface area contributed by atoms with Gasteiger partial charge in [0.25, 0.3) is 0 Å². The third-order valence-corrected chi connectivity index (χ3v) is 5.34. The van der Waals surface area contributed by atoms with Crippen molar-refractivity contribution in [3.63, 3.8) is 0 Å². The molecule has 2 aromatic rings. The lowest BCUT2D eigenvalue weighted by atomic mass is 10.1. The van der Waals surface area contributed by atoms with E-state index < -0.39 is 9.84 Å². The van der Waals surface area contributed by atoms with E-state index in [0.717, 1.165) is 10.8 Å². The van der Waals surface area contributed by atoms with E-state index >= 15 is 0 Å². The van der Waals surface area contributed by atoms with E-state index in [4.69, 9.17) is 0 Å². The van der Waals surface area contributed by atoms with Crippen LogP contribution in [0.1, 0.15) is 6.42 Å². The number of nitrogens with one attached hydrogen (secondary N) is 2. The minimum absolute atomic E-state index is 0.0259. The van der Waals surface area contributed by atoms with E-state index in [2.05, 4.69) is 10.6 Å². The Balaban J connectivity index is 1.66. The smallest absolute Gasteiger partial charge is 0.319 e. The molecule has 0 bridgehead atoms. The number of hydrogen-bond acceptors (Lipinski definition) is 3. The van der Waals surface area contributed by atoms with Crippen LogP contribution < -0.4 is 10.6 Å². The lowest BCUT2D eigenvalue weighted by Gasteiger charge is -2.12. The summed E-state index contributed by atoms with van der Waals surface area (Å²) < 4.78 is 22.7. The zero-order valence-corrected chi connectivity index (χ0v) is 12.2. The molecule has 0 aliphatic carbocycles. The molecule has 5 nitrogen and oxygen atoms in total. The number of benzene rings is 2. The first-order valence-electron chi connectivity index (χ1n) is 6.79. The highest BCUT2D eigenvalue weighted by Crippen LogP contribution is 2.19. The summed E-state index contributed by atoms with van der Waals surface area (Å²) in [5, 5.41) is 7.59. The number of anilines is 1. The Bertz CT molecular complexity index is 786. The summed E-state index contributed by atoms with van der Waals surface area (Å²) in [5.41, 5.74) is 0.687. The van der Waals surface area contributed by atoms with E-state index in [9.17, 15) is 13.2 Å². The summed E-state index contributed by atoms with van der Waals surface area (Å²) in [7, 11) is -2.99. The number of hydrogen-bond donors (Lipinski definition) is 2. The number of rotatable bonds is 2. The fourth-order valence-corrected chi connectivity index (χ4v) is 4.20. The van der Waals surface area contributed by atoms with Gasteiger partial charge in [-0.25, -0.2) is 13.2 Å². The second-order valence-corrected chi connectivity index (χ2v) is 7.49. The van der Waals surface area contributed by atoms with Crippen LogP contribution in [0, 0.1) is 0 Å². The van der Waals surface area contributed by atoms with Crippen LogP contribution in [0.25, 0.3) is 10.8 Å². The van der Waals surface area contributed by atoms with Gasteiger partial charge in [-0.15, -0.1) is 0 Å². The van der Waals surface area contributed by atoms with Gasteiger partial charge in [-0.2, -0.15) is 0 Å². The largest absolute Gasteiger partial charge is 0.334 e. The SMILES string of the molecule is O=C(Nc1ccc2ccccc2c1)N[C@@H]1CCS(=O)(=O)C1. The van der Waals surface area contributed by atoms with Gasteiger partial charge < -0.3 is 10.6 Å². The van der Waals surface area contributed by atoms with Crippen molar-refractivity contribution in [3.8, 4) is 0 Å². The molecule has 110 valence electrons. The summed E-state index contributed by atoms with van der Waals surface area (Å²) >= 11 is 0. The maximum absolute atomic E-state index is 11.9. The Labute approximate surface area is 123 Å². The maximum Gasteiger partial charge on any atom is 0.319 e. The fraction of sp³-hybridized carbons (Fsp3) is 0.267. The first-order valence-corrected chi connectivity index (χ1v) is 8.61. The van der Waals surface area contributed by atoms with Crippen molar-refractivity contribution in [2.75, 3.05) is 16.8 Å². The molecule has 1 aliphatic rings. The van der Waals surface area contributed by atoms with Gasteiger partial charge in [0.05, 0.1) is 11.5 Å². The van der Waals surface area contributed by atoms with Crippen molar-refractivity contribution in [1.82, 2.24) is 5.32 Å². The lowest BCUT2D eigenvalue weighted by molar-refractivity contribution is 0.249. The molecule has 3 rings (SSSR count). The van der Waals surface area contributed by atoms with Gasteiger partial charge in [-0.1, -0.05) is 30.3 Å². The zero-order chi connectivity index (χ0) is 14.9. The molecule has 1 heterocycles. The summed E-state index contributed by atoms with van der Waals surface area (Å²) in [6, 6.07) is 12.9. The molecule has 2 N–H and O–H groups in total. The molecule has 0 spiro atoms. The van der Waals surface area contributed by atoms with Gasteiger partial charge in [-0.05, 0) is 29.3 Å². The van der Waals surface area contributed by atoms with E-state index in [1.165, 1.54) is 0 Å². The highest BCUT2D eigenvalue weighted by atomic mass is 32.2. The number of urea groups is 1. The highest BCUT2D eigenvalue weighted by molar-refractivity contribution is 7.91. The van der Waals surface area contributed by atoms with Crippen LogP contribution in [-0.2, 0) is 9.84 Å². The molecule has 0 radical (unpaired) electrons. The van der Waals surface area contributed by atoms with Crippen LogP contribution in [0.3, 0.4) is 0 Å². The van der Waals surface area contributed by atoms with E-state index in [1.807, 2.05) is 42.5 Å². The predicted octanol–water partition coefficient (Wildman–Crippen LogP) is 2.15. The zero-order valence-electron chi connectivity index (χ0n) is 11.4. The number of sulfone groups is 1. The molecule has 1 fully saturated rings. The standard InChI is InChI=1S/C15H16N2O3S/c18-15(17-14-7-8-21(19,20)10-14)16-13-6-5-11-3-1-2-4-12(11)9-13/h1-6,9,14H,7-8,10H2,(H2,16,17,18)/t14-/m1/s1. The van der Waals surface area contributed by atoms with Gasteiger partial charge >= 0.3 is 6.03 Å². The van der Waals surface area contributed by atoms with E-state index in [-0.39, 0.29) is 23.6 Å². The molecule has 1 atom stereocenters. The van der Waals surface area contributed by atoms with Gasteiger partial charge in [0.1, 0.15) is 0 Å². The molecule has 1 aliphatic heterocycles. The minimum Gasteiger partial charge on any atom is -0.334 e. The third kappa shape index (κ3) is 3.33. The van der Waals surface area contributed by atoms with Crippen molar-refractivity contribution in [2.45, 2.75) is 12.5 Å². The summed E-state index contributed by atoms with van der Waals surface area (Å²) in [6.07, 6.45) is 0.480. The van der Waals surface area contributed by atoms with Gasteiger partial charge in [0.15, 0.2) is 9.84 Å². The Hall–Kier alpha value is -2.08. The topological polar surface area (TPSA) is 75.3 Å². The Morgan fingerprint density at radius 3 is 2.57 bits per heavy atom. The Morgan fingerprint density at radius 1 is 1.10 bits per heavy atom. The molecule has 0 unspecified atom stereocenters. The van der Waals surface area contributed by atoms with Crippen LogP contribution in [-0.4, -0.2) is 32.0 Å². The van der Waals surface area contributed by atoms with Gasteiger partial charge in [0.2, 0.25) is 0 Å². The second kappa shape index (κ2) is 5.37. The van der Waals surface area contributed by atoms with Crippen molar-refractivity contribution in [1.29, 1.82) is 0 Å². The van der Waals surface area contributed by atoms with E-state index in [0.29, 0.717) is 12.1 Å². The average molecular weight is 304 g/mol. The monoisotopic (exact) mass is 304 g/mol. The molecule has 1 saturated heterocycles. The molecule has 0 saturated carbocycles. The number of carbonyl (C=O) groups is 1. The van der Waals surface area contributed by atoms with Crippen molar-refractivity contribution in [3.05, 3.63) is 42.5 Å². The summed E-state index contributed by atoms with van der Waals surface area (Å²) in [5.74, 6) is 0.173. The lowest BCUT2D eigenvalue weighted by Crippen LogP contribution is -2.38. The fourth-order valence-electron chi connectivity index (χ4n) is 2.53. The van der Waals surface area contributed by atoms with Gasteiger partial charge in [-0.3, -0.25) is 0 Å². The van der Waals surface area contributed by atoms with Crippen LogP contribution >= 0.6 is 0 Å². The van der Waals surface area contributed by atoms with Crippen molar-refractivity contribution in [2.24, 2.45) is 0 Å². The number of carbonyl (C=O) groups excluding carboxylic acids is 1. The first-order chi connectivity index (χ1) is 10.0. The van der Waals surface area contributed by atoms with Crippen molar-refractivity contribution < 1.29 is 13.2 Å². The summed E-state index contributed by atoms with van der Waals surface area (Å²) in [6.45, 7) is 0. The van der Waals surface area contributed by atoms with Crippen LogP contribution in [0.2, 0.25) is 0 Å². The molecular formula is C15H16N2O3S. The normalized spacial score (nSPS) is 20.3. The minimum atomic E-state index is -2.99. The van der Waals surface area contributed by atoms with Crippen molar-refractivity contribution >= 4 is 32.3 Å². The quantitative estimate of drug-likeness (QED) is 0.892. The highest BCUT2D eigenvalue weighted by Gasteiger charge is 2.28. The average Bonchev–Trinajstić information content (AvgIpc) is 2.77. The molecule has 21 heavy (non-hydrogen) atoms. The van der Waals surface area contributed by atoms with Gasteiger partial charge in [0, 0.05) is 11.7 Å². The molecule has 0 aromatic heterocycles. The Morgan fingerprint density at radius 2 is 1.86 bits per heavy atom. The second-order valence-electron chi connectivity index (χ2n) is 5.26. The molecule has 2 aromatic carbocycles.